The van der Waals surface area contributed by atoms with Crippen molar-refractivity contribution in [2.75, 3.05) is 12.1 Å². The minimum atomic E-state index is -1.08. The van der Waals surface area contributed by atoms with Gasteiger partial charge in [0.25, 0.3) is 0 Å². The van der Waals surface area contributed by atoms with Crippen LogP contribution in [0.1, 0.15) is 0 Å². The molecular weight excluding hydrogens is 274 g/mol. The van der Waals surface area contributed by atoms with E-state index in [2.05, 4.69) is 20.5 Å². The minimum absolute atomic E-state index is 0.364. The fourth-order valence-corrected chi connectivity index (χ4v) is 1.85. The van der Waals surface area contributed by atoms with Crippen molar-refractivity contribution in [1.82, 2.24) is 19.7 Å². The van der Waals surface area contributed by atoms with Crippen LogP contribution < -0.4 is 5.48 Å². The third-order valence-electron chi connectivity index (χ3n) is 2.73. The fraction of sp³-hybridized carbons (Fsp3) is 0.0769. The molecule has 0 aliphatic heterocycles. The number of nitrogens with zero attached hydrogens (tertiary/aromatic N) is 4. The molecule has 8 heteroatoms. The van der Waals surface area contributed by atoms with Crippen molar-refractivity contribution < 1.29 is 14.7 Å². The molecule has 3 rings (SSSR count). The number of hydrogen-bond donors (Lipinski definition) is 2. The highest BCUT2D eigenvalue weighted by atomic mass is 16.7. The quantitative estimate of drug-likeness (QED) is 0.680. The second-order valence-corrected chi connectivity index (χ2v) is 4.14. The lowest BCUT2D eigenvalue weighted by Crippen LogP contribution is -2.12. The summed E-state index contributed by atoms with van der Waals surface area (Å²) in [5, 5.41) is 13.4. The number of rotatable bonds is 5. The Bertz CT molecular complexity index is 772. The zero-order valence-electron chi connectivity index (χ0n) is 10.8. The molecule has 8 nitrogen and oxygen atoms in total. The van der Waals surface area contributed by atoms with E-state index in [9.17, 15) is 4.79 Å². The number of aliphatic carboxylic acids is 1. The van der Waals surface area contributed by atoms with Gasteiger partial charge in [0, 0.05) is 0 Å². The monoisotopic (exact) mass is 285 g/mol. The molecule has 0 bridgehead atoms. The molecule has 0 aliphatic carbocycles. The van der Waals surface area contributed by atoms with Gasteiger partial charge in [0.2, 0.25) is 0 Å². The van der Waals surface area contributed by atoms with E-state index >= 15 is 0 Å². The van der Waals surface area contributed by atoms with Gasteiger partial charge >= 0.3 is 5.97 Å². The van der Waals surface area contributed by atoms with Crippen LogP contribution in [0.25, 0.3) is 16.7 Å². The van der Waals surface area contributed by atoms with Gasteiger partial charge in [-0.05, 0) is 12.1 Å². The molecule has 0 amide bonds. The lowest BCUT2D eigenvalue weighted by Gasteiger charge is -2.05. The second-order valence-electron chi connectivity index (χ2n) is 4.14. The highest BCUT2D eigenvalue weighted by Gasteiger charge is 2.11. The molecule has 0 radical (unpaired) electrons. The molecule has 0 fully saturated rings. The maximum atomic E-state index is 10.4. The molecule has 3 aromatic rings. The maximum Gasteiger partial charge on any atom is 0.332 e. The first-order chi connectivity index (χ1) is 10.3. The zero-order valence-corrected chi connectivity index (χ0v) is 10.8. The van der Waals surface area contributed by atoms with Gasteiger partial charge < -0.3 is 5.11 Å². The van der Waals surface area contributed by atoms with Gasteiger partial charge in [-0.2, -0.15) is 5.10 Å². The molecule has 0 saturated carbocycles. The molecule has 2 aromatic heterocycles. The Labute approximate surface area is 119 Å². The van der Waals surface area contributed by atoms with Gasteiger partial charge in [-0.25, -0.2) is 24.9 Å². The zero-order chi connectivity index (χ0) is 14.7. The molecule has 21 heavy (non-hydrogen) atoms. The molecule has 0 aliphatic rings. The lowest BCUT2D eigenvalue weighted by atomic mass is 10.3. The number of carbonyl (C=O) groups is 1. The Morgan fingerprint density at radius 1 is 1.29 bits per heavy atom. The van der Waals surface area contributed by atoms with Gasteiger partial charge in [-0.3, -0.25) is 4.84 Å². The number of hydrogen-bond acceptors (Lipinski definition) is 6. The van der Waals surface area contributed by atoms with Crippen molar-refractivity contribution >= 4 is 22.8 Å². The summed E-state index contributed by atoms with van der Waals surface area (Å²) in [6, 6.07) is 9.53. The van der Waals surface area contributed by atoms with Gasteiger partial charge in [0.15, 0.2) is 18.1 Å². The Hall–Kier alpha value is -3.00. The Morgan fingerprint density at radius 2 is 2.10 bits per heavy atom. The summed E-state index contributed by atoms with van der Waals surface area (Å²) in [5.74, 6) is -0.712. The van der Waals surface area contributed by atoms with Crippen molar-refractivity contribution in [3.8, 4) is 5.69 Å². The Morgan fingerprint density at radius 3 is 2.86 bits per heavy atom. The van der Waals surface area contributed by atoms with Crippen LogP contribution in [0.15, 0.2) is 42.9 Å². The van der Waals surface area contributed by atoms with E-state index in [0.717, 1.165) is 5.69 Å². The van der Waals surface area contributed by atoms with Crippen LogP contribution in [0.3, 0.4) is 0 Å². The highest BCUT2D eigenvalue weighted by molar-refractivity contribution is 5.86. The number of aromatic nitrogens is 4. The van der Waals surface area contributed by atoms with Crippen LogP contribution in [-0.2, 0) is 9.63 Å². The smallest absolute Gasteiger partial charge is 0.332 e. The van der Waals surface area contributed by atoms with E-state index in [1.165, 1.54) is 6.33 Å². The summed E-state index contributed by atoms with van der Waals surface area (Å²) >= 11 is 0. The first kappa shape index (κ1) is 13.0. The van der Waals surface area contributed by atoms with Crippen LogP contribution in [0.5, 0.6) is 0 Å². The number of nitrogens with one attached hydrogen (secondary N) is 1. The summed E-state index contributed by atoms with van der Waals surface area (Å²) < 4.78 is 1.67. The molecule has 0 unspecified atom stereocenters. The maximum absolute atomic E-state index is 10.4. The standard InChI is InChI=1S/C13H11N5O3/c19-11(20)7-21-17-12-10-6-16-18(13(10)15-8-14-12)9-4-2-1-3-5-9/h1-6,8H,7H2,(H,19,20)(H,14,15,17). The molecule has 1 aromatic carbocycles. The molecule has 2 N–H and O–H groups in total. The van der Waals surface area contributed by atoms with Gasteiger partial charge in [-0.1, -0.05) is 18.2 Å². The number of fused-ring (bicyclic) bond motifs is 1. The fourth-order valence-electron chi connectivity index (χ4n) is 1.85. The third kappa shape index (κ3) is 2.65. The lowest BCUT2D eigenvalue weighted by molar-refractivity contribution is -0.141. The van der Waals surface area contributed by atoms with E-state index < -0.39 is 12.6 Å². The molecular formula is C13H11N5O3. The largest absolute Gasteiger partial charge is 0.479 e. The van der Waals surface area contributed by atoms with Gasteiger partial charge in [-0.15, -0.1) is 0 Å². The second kappa shape index (κ2) is 5.55. The van der Waals surface area contributed by atoms with Crippen molar-refractivity contribution in [3.63, 3.8) is 0 Å². The Balaban J connectivity index is 1.95. The van der Waals surface area contributed by atoms with Gasteiger partial charge in [0.1, 0.15) is 6.33 Å². The summed E-state index contributed by atoms with van der Waals surface area (Å²) in [6.07, 6.45) is 2.95. The van der Waals surface area contributed by atoms with Crippen LogP contribution >= 0.6 is 0 Å². The van der Waals surface area contributed by atoms with E-state index in [0.29, 0.717) is 16.9 Å². The van der Waals surface area contributed by atoms with Gasteiger partial charge in [0.05, 0.1) is 17.3 Å². The van der Waals surface area contributed by atoms with Crippen molar-refractivity contribution in [1.29, 1.82) is 0 Å². The summed E-state index contributed by atoms with van der Waals surface area (Å²) in [6.45, 7) is -0.474. The van der Waals surface area contributed by atoms with Crippen molar-refractivity contribution in [2.24, 2.45) is 0 Å². The first-order valence-corrected chi connectivity index (χ1v) is 6.09. The Kier molecular flexibility index (Phi) is 3.44. The normalized spacial score (nSPS) is 10.7. The van der Waals surface area contributed by atoms with Crippen LogP contribution in [0.4, 0.5) is 5.82 Å². The number of anilines is 1. The predicted octanol–water partition coefficient (Wildman–Crippen LogP) is 1.24. The van der Waals surface area contributed by atoms with Crippen LogP contribution in [-0.4, -0.2) is 37.4 Å². The summed E-state index contributed by atoms with van der Waals surface area (Å²) in [4.78, 5) is 23.5. The number of benzene rings is 1. The van der Waals surface area contributed by atoms with Crippen molar-refractivity contribution in [2.45, 2.75) is 0 Å². The number of carboxylic acid groups (broad SMARTS) is 1. The molecule has 0 saturated heterocycles. The molecule has 0 spiro atoms. The van der Waals surface area contributed by atoms with Crippen molar-refractivity contribution in [3.05, 3.63) is 42.9 Å². The van der Waals surface area contributed by atoms with Crippen LogP contribution in [0, 0.1) is 0 Å². The van der Waals surface area contributed by atoms with E-state index in [-0.39, 0.29) is 0 Å². The van der Waals surface area contributed by atoms with E-state index in [1.807, 2.05) is 30.3 Å². The SMILES string of the molecule is O=C(O)CONc1ncnc2c1cnn2-c1ccccc1. The number of para-hydroxylation sites is 1. The average molecular weight is 285 g/mol. The van der Waals surface area contributed by atoms with Crippen LogP contribution in [0.2, 0.25) is 0 Å². The first-order valence-electron chi connectivity index (χ1n) is 6.09. The number of carboxylic acids is 1. The molecule has 2 heterocycles. The molecule has 106 valence electrons. The predicted molar refractivity (Wildman–Crippen MR) is 73.9 cm³/mol. The average Bonchev–Trinajstić information content (AvgIpc) is 2.92. The summed E-state index contributed by atoms with van der Waals surface area (Å²) in [7, 11) is 0. The van der Waals surface area contributed by atoms with E-state index in [4.69, 9.17) is 9.94 Å². The van der Waals surface area contributed by atoms with E-state index in [1.54, 1.807) is 10.9 Å². The molecule has 0 atom stereocenters. The third-order valence-corrected chi connectivity index (χ3v) is 2.73. The minimum Gasteiger partial charge on any atom is -0.479 e. The summed E-state index contributed by atoms with van der Waals surface area (Å²) in [5.41, 5.74) is 3.96. The topological polar surface area (TPSA) is 102 Å². The highest BCUT2D eigenvalue weighted by Crippen LogP contribution is 2.21.